The summed E-state index contributed by atoms with van der Waals surface area (Å²) in [6.07, 6.45) is 6.97. The summed E-state index contributed by atoms with van der Waals surface area (Å²) in [4.78, 5) is 0. The Morgan fingerprint density at radius 2 is 1.81 bits per heavy atom. The second-order valence-corrected chi connectivity index (χ2v) is 5.55. The van der Waals surface area contributed by atoms with Gasteiger partial charge in [-0.1, -0.05) is 18.2 Å². The number of nitrogens with two attached hydrogens (primary N) is 1. The monoisotopic (exact) mass is 221 g/mol. The molecule has 0 aromatic heterocycles. The van der Waals surface area contributed by atoms with Crippen LogP contribution in [0.3, 0.4) is 0 Å². The van der Waals surface area contributed by atoms with Gasteiger partial charge in [-0.2, -0.15) is 0 Å². The van der Waals surface area contributed by atoms with E-state index in [1.54, 1.807) is 0 Å². The van der Waals surface area contributed by atoms with E-state index in [4.69, 9.17) is 15.0 Å². The van der Waals surface area contributed by atoms with Crippen molar-refractivity contribution in [2.45, 2.75) is 51.4 Å². The van der Waals surface area contributed by atoms with E-state index in [-0.39, 0.29) is 24.4 Å². The smallest absolute Gasteiger partial charge is 0.399 e. The molecule has 0 aromatic carbocycles. The van der Waals surface area contributed by atoms with Gasteiger partial charge in [0.2, 0.25) is 0 Å². The average Bonchev–Trinajstić information content (AvgIpc) is 2.37. The molecule has 0 spiro atoms. The summed E-state index contributed by atoms with van der Waals surface area (Å²) in [5, 5.41) is 0. The van der Waals surface area contributed by atoms with Crippen LogP contribution in [0, 0.1) is 0 Å². The molecular weight excluding hydrogens is 201 g/mol. The molecule has 0 radical (unpaired) electrons. The molecule has 0 bridgehead atoms. The van der Waals surface area contributed by atoms with Crippen LogP contribution in [0.4, 0.5) is 0 Å². The molecule has 1 fully saturated rings. The summed E-state index contributed by atoms with van der Waals surface area (Å²) in [6, 6.07) is 0.131. The van der Waals surface area contributed by atoms with Gasteiger partial charge >= 0.3 is 7.12 Å². The van der Waals surface area contributed by atoms with Gasteiger partial charge in [0.1, 0.15) is 0 Å². The van der Waals surface area contributed by atoms with Crippen molar-refractivity contribution in [3.05, 3.63) is 23.7 Å². The molecule has 2 rings (SSSR count). The Kier molecular flexibility index (Phi) is 2.77. The third-order valence-electron chi connectivity index (χ3n) is 3.69. The van der Waals surface area contributed by atoms with Crippen LogP contribution >= 0.6 is 0 Å². The van der Waals surface area contributed by atoms with Gasteiger partial charge in [-0.3, -0.25) is 0 Å². The summed E-state index contributed by atoms with van der Waals surface area (Å²) in [7, 11) is -0.256. The molecule has 2 N–H and O–H groups in total. The molecular formula is C12H20BNO2. The fourth-order valence-corrected chi connectivity index (χ4v) is 1.81. The normalized spacial score (nSPS) is 31.7. The standard InChI is InChI=1S/C12H20BNO2/c1-11(2)12(3,4)16-13(15-11)9-5-7-10(14)8-6-9/h5-7,10H,8,14H2,1-4H3. The molecule has 1 aliphatic carbocycles. The van der Waals surface area contributed by atoms with E-state index in [2.05, 4.69) is 33.8 Å². The maximum Gasteiger partial charge on any atom is 0.494 e. The van der Waals surface area contributed by atoms with E-state index in [0.29, 0.717) is 0 Å². The lowest BCUT2D eigenvalue weighted by atomic mass is 9.75. The molecule has 3 nitrogen and oxygen atoms in total. The first-order chi connectivity index (χ1) is 7.32. The molecule has 16 heavy (non-hydrogen) atoms. The van der Waals surface area contributed by atoms with E-state index >= 15 is 0 Å². The molecule has 2 aliphatic rings. The largest absolute Gasteiger partial charge is 0.494 e. The van der Waals surface area contributed by atoms with E-state index in [1.165, 1.54) is 0 Å². The number of hydrogen-bond acceptors (Lipinski definition) is 3. The number of allylic oxidation sites excluding steroid dienone is 2. The van der Waals surface area contributed by atoms with Crippen molar-refractivity contribution >= 4 is 7.12 Å². The van der Waals surface area contributed by atoms with Crippen molar-refractivity contribution in [1.29, 1.82) is 0 Å². The Labute approximate surface area is 97.8 Å². The van der Waals surface area contributed by atoms with Gasteiger partial charge in [0.05, 0.1) is 11.2 Å². The average molecular weight is 221 g/mol. The molecule has 1 heterocycles. The van der Waals surface area contributed by atoms with Crippen LogP contribution < -0.4 is 5.73 Å². The van der Waals surface area contributed by atoms with Gasteiger partial charge in [0.25, 0.3) is 0 Å². The minimum Gasteiger partial charge on any atom is -0.399 e. The molecule has 88 valence electrons. The van der Waals surface area contributed by atoms with Gasteiger partial charge in [0, 0.05) is 6.04 Å². The zero-order chi connectivity index (χ0) is 12.0. The summed E-state index contributed by atoms with van der Waals surface area (Å²) in [5.74, 6) is 0. The Bertz CT molecular complexity index is 331. The third-order valence-corrected chi connectivity index (χ3v) is 3.69. The van der Waals surface area contributed by atoms with E-state index in [1.807, 2.05) is 12.2 Å². The predicted octanol–water partition coefficient (Wildman–Crippen LogP) is 1.83. The minimum atomic E-state index is -0.272. The molecule has 1 aliphatic heterocycles. The van der Waals surface area contributed by atoms with E-state index in [0.717, 1.165) is 11.9 Å². The quantitative estimate of drug-likeness (QED) is 0.687. The Hall–Kier alpha value is -0.575. The van der Waals surface area contributed by atoms with Crippen molar-refractivity contribution in [3.63, 3.8) is 0 Å². The van der Waals surface area contributed by atoms with Crippen LogP contribution in [-0.2, 0) is 9.31 Å². The lowest BCUT2D eigenvalue weighted by Crippen LogP contribution is -2.41. The zero-order valence-electron chi connectivity index (χ0n) is 10.5. The molecule has 1 unspecified atom stereocenters. The first-order valence-corrected chi connectivity index (χ1v) is 5.81. The van der Waals surface area contributed by atoms with Crippen molar-refractivity contribution in [3.8, 4) is 0 Å². The van der Waals surface area contributed by atoms with Crippen molar-refractivity contribution in [2.24, 2.45) is 5.73 Å². The van der Waals surface area contributed by atoms with Gasteiger partial charge in [-0.15, -0.1) is 0 Å². The second-order valence-electron chi connectivity index (χ2n) is 5.55. The Morgan fingerprint density at radius 3 is 2.25 bits per heavy atom. The van der Waals surface area contributed by atoms with Gasteiger partial charge in [0.15, 0.2) is 0 Å². The van der Waals surface area contributed by atoms with Crippen LogP contribution in [0.5, 0.6) is 0 Å². The molecule has 0 aromatic rings. The lowest BCUT2D eigenvalue weighted by Gasteiger charge is -2.32. The van der Waals surface area contributed by atoms with Crippen LogP contribution in [0.15, 0.2) is 23.7 Å². The molecule has 4 heteroatoms. The van der Waals surface area contributed by atoms with Crippen molar-refractivity contribution in [1.82, 2.24) is 0 Å². The topological polar surface area (TPSA) is 44.5 Å². The van der Waals surface area contributed by atoms with Crippen molar-refractivity contribution < 1.29 is 9.31 Å². The van der Waals surface area contributed by atoms with E-state index in [9.17, 15) is 0 Å². The third kappa shape index (κ3) is 1.97. The maximum atomic E-state index is 5.96. The summed E-state index contributed by atoms with van der Waals surface area (Å²) in [6.45, 7) is 8.25. The van der Waals surface area contributed by atoms with Crippen LogP contribution in [0.1, 0.15) is 34.1 Å². The highest BCUT2D eigenvalue weighted by Crippen LogP contribution is 2.39. The number of rotatable bonds is 1. The highest BCUT2D eigenvalue weighted by molar-refractivity contribution is 6.55. The molecule has 0 saturated carbocycles. The lowest BCUT2D eigenvalue weighted by molar-refractivity contribution is 0.00578. The van der Waals surface area contributed by atoms with Crippen LogP contribution in [0.2, 0.25) is 0 Å². The first-order valence-electron chi connectivity index (χ1n) is 5.81. The first kappa shape index (κ1) is 11.9. The fraction of sp³-hybridized carbons (Fsp3) is 0.667. The Balaban J connectivity index is 2.13. The summed E-state index contributed by atoms with van der Waals surface area (Å²) < 4.78 is 11.9. The predicted molar refractivity (Wildman–Crippen MR) is 65.9 cm³/mol. The maximum absolute atomic E-state index is 5.96. The minimum absolute atomic E-state index is 0.131. The Morgan fingerprint density at radius 1 is 1.25 bits per heavy atom. The van der Waals surface area contributed by atoms with E-state index < -0.39 is 0 Å². The summed E-state index contributed by atoms with van der Waals surface area (Å²) in [5.41, 5.74) is 6.33. The zero-order valence-corrected chi connectivity index (χ0v) is 10.5. The second kappa shape index (κ2) is 3.72. The molecule has 1 saturated heterocycles. The molecule has 1 atom stereocenters. The highest BCUT2D eigenvalue weighted by Gasteiger charge is 2.52. The van der Waals surface area contributed by atoms with Gasteiger partial charge in [-0.05, 0) is 39.6 Å². The van der Waals surface area contributed by atoms with Crippen molar-refractivity contribution in [2.75, 3.05) is 0 Å². The number of hydrogen-bond donors (Lipinski definition) is 1. The molecule has 0 amide bonds. The van der Waals surface area contributed by atoms with Crippen LogP contribution in [0.25, 0.3) is 0 Å². The SMILES string of the molecule is CC1(C)OB(C2=CCC(N)C=C2)OC1(C)C. The highest BCUT2D eigenvalue weighted by atomic mass is 16.7. The fourth-order valence-electron chi connectivity index (χ4n) is 1.81. The summed E-state index contributed by atoms with van der Waals surface area (Å²) >= 11 is 0. The van der Waals surface area contributed by atoms with Gasteiger partial charge in [-0.25, -0.2) is 0 Å². The van der Waals surface area contributed by atoms with Gasteiger partial charge < -0.3 is 15.0 Å². The van der Waals surface area contributed by atoms with Crippen LogP contribution in [-0.4, -0.2) is 24.4 Å².